The van der Waals surface area contributed by atoms with Crippen LogP contribution in [0.15, 0.2) is 59.5 Å². The van der Waals surface area contributed by atoms with E-state index in [2.05, 4.69) is 25.3 Å². The highest BCUT2D eigenvalue weighted by Gasteiger charge is 2.21. The van der Waals surface area contributed by atoms with Gasteiger partial charge in [-0.3, -0.25) is 19.2 Å². The minimum Gasteiger partial charge on any atom is -0.465 e. The third-order valence-electron chi connectivity index (χ3n) is 4.64. The molecule has 3 aromatic rings. The fourth-order valence-corrected chi connectivity index (χ4v) is 3.00. The first-order valence-electron chi connectivity index (χ1n) is 11.1. The molecule has 36 heavy (non-hydrogen) atoms. The Balaban J connectivity index is 0.00000222. The van der Waals surface area contributed by atoms with Crippen LogP contribution in [0.5, 0.6) is 0 Å². The van der Waals surface area contributed by atoms with Gasteiger partial charge in [0.1, 0.15) is 23.7 Å². The van der Waals surface area contributed by atoms with E-state index in [1.165, 1.54) is 48.5 Å². The number of ether oxygens (including phenoxy) is 1. The quantitative estimate of drug-likeness (QED) is 0.408. The molecule has 0 aliphatic carbocycles. The maximum atomic E-state index is 13.4. The topological polar surface area (TPSA) is 130 Å². The fourth-order valence-electron chi connectivity index (χ4n) is 3.00. The summed E-state index contributed by atoms with van der Waals surface area (Å²) in [5.41, 5.74) is -0.316. The van der Waals surface area contributed by atoms with Gasteiger partial charge in [-0.25, -0.2) is 13.8 Å². The number of esters is 1. The molecule has 1 aromatic heterocycles. The van der Waals surface area contributed by atoms with Crippen molar-refractivity contribution in [3.05, 3.63) is 99.2 Å². The summed E-state index contributed by atoms with van der Waals surface area (Å²) in [5, 5.41) is 4.88. The van der Waals surface area contributed by atoms with Crippen molar-refractivity contribution >= 4 is 17.8 Å². The molecule has 2 aromatic carbocycles. The lowest BCUT2D eigenvalue weighted by Gasteiger charge is -2.20. The molecule has 0 fully saturated rings. The second-order valence-corrected chi connectivity index (χ2v) is 6.97. The summed E-state index contributed by atoms with van der Waals surface area (Å²) >= 11 is 0. The number of rotatable bonds is 8. The number of aromatic amines is 1. The van der Waals surface area contributed by atoms with Crippen molar-refractivity contribution in [3.8, 4) is 0 Å². The zero-order chi connectivity index (χ0) is 26.7. The molecular weight excluding hydrogens is 474 g/mol. The Morgan fingerprint density at radius 2 is 1.47 bits per heavy atom. The first-order valence-corrected chi connectivity index (χ1v) is 11.1. The van der Waals surface area contributed by atoms with Crippen LogP contribution in [0.25, 0.3) is 0 Å². The minimum atomic E-state index is -0.897. The molecule has 0 unspecified atom stereocenters. The molecule has 0 atom stereocenters. The molecule has 0 saturated carbocycles. The van der Waals surface area contributed by atoms with E-state index in [1.54, 1.807) is 6.92 Å². The van der Waals surface area contributed by atoms with Gasteiger partial charge in [-0.05, 0) is 42.3 Å². The third kappa shape index (κ3) is 7.55. The number of nitrogens with one attached hydrogen (secondary N) is 3. The predicted octanol–water partition coefficient (Wildman–Crippen LogP) is 2.89. The van der Waals surface area contributed by atoms with Gasteiger partial charge in [-0.1, -0.05) is 38.1 Å². The lowest BCUT2D eigenvalue weighted by Crippen LogP contribution is -2.36. The van der Waals surface area contributed by atoms with Gasteiger partial charge >= 0.3 is 5.97 Å². The number of nitrogens with zero attached hydrogens (tertiary/aromatic N) is 1. The molecule has 11 heteroatoms. The number of halogens is 2. The second kappa shape index (κ2) is 13.5. The Kier molecular flexibility index (Phi) is 10.4. The molecule has 0 bridgehead atoms. The predicted molar refractivity (Wildman–Crippen MR) is 127 cm³/mol. The molecule has 2 amide bonds. The van der Waals surface area contributed by atoms with Crippen LogP contribution in [0.1, 0.15) is 58.9 Å². The Bertz CT molecular complexity index is 1200. The van der Waals surface area contributed by atoms with Crippen molar-refractivity contribution in [2.24, 2.45) is 0 Å². The van der Waals surface area contributed by atoms with Crippen molar-refractivity contribution in [1.82, 2.24) is 20.6 Å². The monoisotopic (exact) mass is 500 g/mol. The van der Waals surface area contributed by atoms with E-state index in [0.29, 0.717) is 11.1 Å². The number of hydrogen-bond acceptors (Lipinski definition) is 6. The summed E-state index contributed by atoms with van der Waals surface area (Å²) in [6.45, 7) is 5.33. The Morgan fingerprint density at radius 1 is 0.944 bits per heavy atom. The van der Waals surface area contributed by atoms with Gasteiger partial charge in [0.2, 0.25) is 0 Å². The van der Waals surface area contributed by atoms with Crippen LogP contribution in [-0.2, 0) is 9.53 Å². The van der Waals surface area contributed by atoms with Crippen LogP contribution in [0.4, 0.5) is 8.78 Å². The Morgan fingerprint density at radius 3 is 1.94 bits per heavy atom. The molecule has 190 valence electrons. The fraction of sp³-hybridized carbons (Fsp3) is 0.240. The second-order valence-electron chi connectivity index (χ2n) is 6.97. The Hall–Kier alpha value is -4.41. The molecule has 9 nitrogen and oxygen atoms in total. The van der Waals surface area contributed by atoms with Crippen LogP contribution in [0, 0.1) is 11.6 Å². The lowest BCUT2D eigenvalue weighted by atomic mass is 9.98. The van der Waals surface area contributed by atoms with Crippen molar-refractivity contribution in [1.29, 1.82) is 0 Å². The van der Waals surface area contributed by atoms with Crippen molar-refractivity contribution in [3.63, 3.8) is 0 Å². The number of amides is 2. The SMILES string of the molecule is CC.CCOC(=O)CNC(=O)c1ncc(C(=O)NC(c2ccc(F)cc2)c2ccc(F)cc2)c(=O)[nH]1. The highest BCUT2D eigenvalue weighted by molar-refractivity contribution is 5.95. The molecule has 1 heterocycles. The van der Waals surface area contributed by atoms with Crippen LogP contribution in [0.2, 0.25) is 0 Å². The summed E-state index contributed by atoms with van der Waals surface area (Å²) in [5.74, 6) is -3.70. The maximum Gasteiger partial charge on any atom is 0.325 e. The molecule has 3 N–H and O–H groups in total. The summed E-state index contributed by atoms with van der Waals surface area (Å²) in [4.78, 5) is 54.7. The summed E-state index contributed by atoms with van der Waals surface area (Å²) < 4.78 is 31.4. The van der Waals surface area contributed by atoms with Gasteiger partial charge in [0.25, 0.3) is 17.4 Å². The number of carbonyl (C=O) groups is 3. The number of carbonyl (C=O) groups excluding carboxylic acids is 3. The average molecular weight is 501 g/mol. The van der Waals surface area contributed by atoms with Gasteiger partial charge < -0.3 is 20.4 Å². The number of aromatic nitrogens is 2. The van der Waals surface area contributed by atoms with Crippen LogP contribution < -0.4 is 16.2 Å². The first-order chi connectivity index (χ1) is 17.3. The van der Waals surface area contributed by atoms with E-state index in [4.69, 9.17) is 0 Å². The standard InChI is InChI=1S/C23H20F2N4O5.C2H6/c1-2-34-18(30)12-27-23(33)20-26-11-17(22(32)29-20)21(31)28-19(13-3-7-15(24)8-4-13)14-5-9-16(25)10-6-14;1-2/h3-11,19H,2,12H2,1H3,(H,27,33)(H,28,31)(H,26,29,32);1-2H3. The largest absolute Gasteiger partial charge is 0.465 e. The van der Waals surface area contributed by atoms with E-state index in [0.717, 1.165) is 6.20 Å². The molecule has 0 saturated heterocycles. The first kappa shape index (κ1) is 27.8. The summed E-state index contributed by atoms with van der Waals surface area (Å²) in [6, 6.07) is 9.78. The number of hydrogen-bond donors (Lipinski definition) is 3. The molecular formula is C25H26F2N4O5. The summed E-state index contributed by atoms with van der Waals surface area (Å²) in [7, 11) is 0. The highest BCUT2D eigenvalue weighted by atomic mass is 19.1. The zero-order valence-electron chi connectivity index (χ0n) is 19.9. The van der Waals surface area contributed by atoms with Gasteiger partial charge in [-0.2, -0.15) is 0 Å². The Labute approximate surface area is 205 Å². The zero-order valence-corrected chi connectivity index (χ0v) is 19.9. The lowest BCUT2D eigenvalue weighted by molar-refractivity contribution is -0.141. The minimum absolute atomic E-state index is 0.143. The molecule has 0 spiro atoms. The van der Waals surface area contributed by atoms with Crippen molar-refractivity contribution < 1.29 is 27.9 Å². The van der Waals surface area contributed by atoms with Crippen molar-refractivity contribution in [2.45, 2.75) is 26.8 Å². The van der Waals surface area contributed by atoms with Gasteiger partial charge in [0.15, 0.2) is 5.82 Å². The van der Waals surface area contributed by atoms with E-state index in [9.17, 15) is 28.0 Å². The van der Waals surface area contributed by atoms with Gasteiger partial charge in [-0.15, -0.1) is 0 Å². The number of benzene rings is 2. The summed E-state index contributed by atoms with van der Waals surface area (Å²) in [6.07, 6.45) is 0.916. The maximum absolute atomic E-state index is 13.4. The number of H-pyrrole nitrogens is 1. The molecule has 3 rings (SSSR count). The molecule has 0 radical (unpaired) electrons. The van der Waals surface area contributed by atoms with E-state index in [1.807, 2.05) is 13.8 Å². The molecule has 0 aliphatic heterocycles. The van der Waals surface area contributed by atoms with Crippen LogP contribution >= 0.6 is 0 Å². The van der Waals surface area contributed by atoms with Crippen LogP contribution in [-0.4, -0.2) is 40.9 Å². The van der Waals surface area contributed by atoms with Gasteiger partial charge in [0.05, 0.1) is 12.6 Å². The smallest absolute Gasteiger partial charge is 0.325 e. The van der Waals surface area contributed by atoms with E-state index < -0.39 is 59.0 Å². The van der Waals surface area contributed by atoms with Gasteiger partial charge in [0, 0.05) is 6.20 Å². The normalized spacial score (nSPS) is 10.2. The third-order valence-corrected chi connectivity index (χ3v) is 4.64. The van der Waals surface area contributed by atoms with Crippen LogP contribution in [0.3, 0.4) is 0 Å². The van der Waals surface area contributed by atoms with Crippen molar-refractivity contribution in [2.75, 3.05) is 13.2 Å². The average Bonchev–Trinajstić information content (AvgIpc) is 2.88. The van der Waals surface area contributed by atoms with E-state index >= 15 is 0 Å². The highest BCUT2D eigenvalue weighted by Crippen LogP contribution is 2.23. The molecule has 0 aliphatic rings. The van der Waals surface area contributed by atoms with E-state index in [-0.39, 0.29) is 6.61 Å².